The zero-order valence-electron chi connectivity index (χ0n) is 26.0. The maximum Gasteiger partial charge on any atom is 0.480 e. The fourth-order valence-corrected chi connectivity index (χ4v) is 6.36. The SMILES string of the molecule is C[N+](C)(C)CCCCCn1cc[n+](Cc2ccccc2)c1.O=S(=O)([N-]S(=O)(=O)C(F)(F)F)C(F)(F)F.O=S(=O)([N-]S(=O)(=O)C(F)(F)F)C(F)(F)F. The molecular weight excluding hydrogens is 819 g/mol. The largest absolute Gasteiger partial charge is 0.480 e. The maximum absolute atomic E-state index is 11.4. The molecule has 0 amide bonds. The van der Waals surface area contributed by atoms with Gasteiger partial charge < -0.3 is 12.7 Å². The smallest absolute Gasteiger partial charge is 0.421 e. The lowest BCUT2D eigenvalue weighted by molar-refractivity contribution is -0.870. The summed E-state index contributed by atoms with van der Waals surface area (Å²) in [5.41, 5.74) is -23.5. The van der Waals surface area contributed by atoms with E-state index >= 15 is 0 Å². The minimum absolute atomic E-state index is 0.778. The van der Waals surface area contributed by atoms with Crippen LogP contribution >= 0.6 is 0 Å². The van der Waals surface area contributed by atoms with Gasteiger partial charge in [0, 0.05) is 0 Å². The van der Waals surface area contributed by atoms with Crippen molar-refractivity contribution in [2.45, 2.75) is 54.4 Å². The summed E-state index contributed by atoms with van der Waals surface area (Å²) in [7, 11) is -20.1. The van der Waals surface area contributed by atoms with E-state index in [1.807, 2.05) is 0 Å². The standard InChI is InChI=1S/C18H29N3.2C2F6NO4S2/c1-21(2,3)15-9-5-8-12-19-13-14-20(17-19)16-18-10-6-4-7-11-18;2*3-1(4,5)14(10,11)9-15(12,13)2(6,7)8/h4,6-7,10-11,13-14,17H,5,8-9,12,15-16H2,1-3H3;;/q+2;2*-1. The van der Waals surface area contributed by atoms with Gasteiger partial charge in [-0.15, -0.1) is 0 Å². The van der Waals surface area contributed by atoms with Crippen LogP contribution in [0.25, 0.3) is 8.25 Å². The van der Waals surface area contributed by atoms with E-state index in [9.17, 15) is 86.4 Å². The van der Waals surface area contributed by atoms with Crippen molar-refractivity contribution in [3.63, 3.8) is 0 Å². The van der Waals surface area contributed by atoms with Crippen molar-refractivity contribution in [1.29, 1.82) is 0 Å². The number of rotatable bonds is 12. The van der Waals surface area contributed by atoms with Gasteiger partial charge in [0.25, 0.3) is 0 Å². The highest BCUT2D eigenvalue weighted by atomic mass is 32.3. The number of hydrogen-bond acceptors (Lipinski definition) is 8. The number of benzene rings is 1. The predicted molar refractivity (Wildman–Crippen MR) is 154 cm³/mol. The van der Waals surface area contributed by atoms with Crippen molar-refractivity contribution < 1.29 is 95.4 Å². The lowest BCUT2D eigenvalue weighted by Crippen LogP contribution is -2.35. The first-order valence-corrected chi connectivity index (χ1v) is 18.8. The molecule has 0 fully saturated rings. The Morgan fingerprint density at radius 1 is 0.608 bits per heavy atom. The van der Waals surface area contributed by atoms with Gasteiger partial charge in [-0.05, 0) is 24.8 Å². The van der Waals surface area contributed by atoms with Crippen LogP contribution in [0.4, 0.5) is 52.7 Å². The summed E-state index contributed by atoms with van der Waals surface area (Å²) in [4.78, 5) is 0. The Morgan fingerprint density at radius 2 is 0.980 bits per heavy atom. The van der Waals surface area contributed by atoms with E-state index < -0.39 is 62.1 Å². The van der Waals surface area contributed by atoms with E-state index in [1.165, 1.54) is 31.4 Å². The summed E-state index contributed by atoms with van der Waals surface area (Å²) >= 11 is 0. The summed E-state index contributed by atoms with van der Waals surface area (Å²) in [6, 6.07) is 10.6. The van der Waals surface area contributed by atoms with Gasteiger partial charge in [0.1, 0.15) is 18.9 Å². The van der Waals surface area contributed by atoms with Crippen LogP contribution in [0, 0.1) is 0 Å². The van der Waals surface area contributed by atoms with E-state index in [4.69, 9.17) is 0 Å². The second-order valence-corrected chi connectivity index (χ2v) is 17.6. The van der Waals surface area contributed by atoms with Crippen LogP contribution in [0.15, 0.2) is 49.1 Å². The van der Waals surface area contributed by atoms with E-state index in [1.54, 1.807) is 0 Å². The van der Waals surface area contributed by atoms with E-state index in [-0.39, 0.29) is 0 Å². The summed E-state index contributed by atoms with van der Waals surface area (Å²) < 4.78 is 224. The van der Waals surface area contributed by atoms with Gasteiger partial charge in [-0.25, -0.2) is 42.8 Å². The zero-order valence-corrected chi connectivity index (χ0v) is 29.3. The van der Waals surface area contributed by atoms with Crippen molar-refractivity contribution in [1.82, 2.24) is 4.57 Å². The summed E-state index contributed by atoms with van der Waals surface area (Å²) in [6.07, 6.45) is 10.5. The summed E-state index contributed by atoms with van der Waals surface area (Å²) in [5, 5.41) is 0. The van der Waals surface area contributed by atoms with E-state index in [0.717, 1.165) is 25.8 Å². The lowest BCUT2D eigenvalue weighted by Gasteiger charge is -2.23. The third-order valence-electron chi connectivity index (χ3n) is 5.26. The average molecular weight is 848 g/mol. The van der Waals surface area contributed by atoms with Crippen molar-refractivity contribution in [2.24, 2.45) is 0 Å². The molecule has 0 atom stereocenters. The zero-order chi connectivity index (χ0) is 40.5. The predicted octanol–water partition coefficient (Wildman–Crippen LogP) is 4.82. The van der Waals surface area contributed by atoms with Crippen LogP contribution in [-0.4, -0.2) is 92.4 Å². The van der Waals surface area contributed by atoms with Gasteiger partial charge in [0.05, 0.1) is 34.2 Å². The number of quaternary nitrogens is 1. The molecule has 2 rings (SSSR count). The first-order valence-electron chi connectivity index (χ1n) is 13.1. The number of unbranched alkanes of at least 4 members (excludes halogenated alkanes) is 2. The van der Waals surface area contributed by atoms with Crippen molar-refractivity contribution in [2.75, 3.05) is 27.7 Å². The molecule has 0 radical (unpaired) electrons. The molecule has 0 aliphatic carbocycles. The van der Waals surface area contributed by atoms with Crippen molar-refractivity contribution >= 4 is 40.1 Å². The number of aromatic nitrogens is 2. The fourth-order valence-electron chi connectivity index (χ4n) is 2.94. The molecule has 0 unspecified atom stereocenters. The Bertz CT molecular complexity index is 1670. The lowest BCUT2D eigenvalue weighted by atomic mass is 10.2. The molecule has 0 aliphatic rings. The average Bonchev–Trinajstić information content (AvgIpc) is 3.32. The van der Waals surface area contributed by atoms with E-state index in [2.05, 4.69) is 79.3 Å². The highest BCUT2D eigenvalue weighted by molar-refractivity contribution is 8.13. The second-order valence-electron chi connectivity index (χ2n) is 10.7. The molecule has 0 bridgehead atoms. The Kier molecular flexibility index (Phi) is 16.5. The third kappa shape index (κ3) is 17.1. The number of nitrogens with zero attached hydrogens (tertiary/aromatic N) is 5. The number of hydrogen-bond donors (Lipinski definition) is 0. The molecule has 29 heteroatoms. The molecule has 2 aromatic rings. The quantitative estimate of drug-likeness (QED) is 0.127. The van der Waals surface area contributed by atoms with E-state index in [0.29, 0.717) is 0 Å². The van der Waals surface area contributed by atoms with Crippen LogP contribution in [0.1, 0.15) is 24.8 Å². The molecule has 1 heterocycles. The topological polar surface area (TPSA) is 174 Å². The molecule has 51 heavy (non-hydrogen) atoms. The molecule has 298 valence electrons. The minimum Gasteiger partial charge on any atom is -0.421 e. The maximum atomic E-state index is 11.4. The monoisotopic (exact) mass is 847 g/mol. The minimum atomic E-state index is -6.72. The van der Waals surface area contributed by atoms with Crippen LogP contribution < -0.4 is 4.57 Å². The second kappa shape index (κ2) is 17.4. The number of halogens is 12. The molecule has 0 spiro atoms. The highest BCUT2D eigenvalue weighted by Gasteiger charge is 2.48. The molecule has 0 N–H and O–H groups in total. The van der Waals surface area contributed by atoms with Gasteiger partial charge in [-0.1, -0.05) is 30.3 Å². The summed E-state index contributed by atoms with van der Waals surface area (Å²) in [6.45, 7) is 3.34. The molecule has 1 aromatic heterocycles. The first-order chi connectivity index (χ1) is 22.4. The molecule has 13 nitrogen and oxygen atoms in total. The van der Waals surface area contributed by atoms with Crippen LogP contribution in [0.5, 0.6) is 0 Å². The van der Waals surface area contributed by atoms with Crippen LogP contribution in [-0.2, 0) is 53.2 Å². The van der Waals surface area contributed by atoms with Gasteiger partial charge in [-0.3, -0.25) is 0 Å². The molecule has 0 saturated heterocycles. The third-order valence-corrected chi connectivity index (χ3v) is 10.7. The number of aryl methyl sites for hydroxylation is 1. The van der Waals surface area contributed by atoms with Crippen LogP contribution in [0.2, 0.25) is 0 Å². The molecule has 1 aromatic carbocycles. The Hall–Kier alpha value is -2.73. The van der Waals surface area contributed by atoms with Gasteiger partial charge in [-0.2, -0.15) is 52.7 Å². The normalized spacial score (nSPS) is 13.9. The van der Waals surface area contributed by atoms with Crippen molar-refractivity contribution in [3.8, 4) is 0 Å². The number of sulfonamides is 4. The number of imidazole rings is 1. The van der Waals surface area contributed by atoms with Crippen molar-refractivity contribution in [3.05, 3.63) is 62.9 Å². The Morgan fingerprint density at radius 3 is 1.31 bits per heavy atom. The highest BCUT2D eigenvalue weighted by Crippen LogP contribution is 2.37. The molecular formula is C22H29F12N5O8S4. The number of alkyl halides is 12. The van der Waals surface area contributed by atoms with Gasteiger partial charge in [0.2, 0.25) is 6.33 Å². The van der Waals surface area contributed by atoms with Gasteiger partial charge >= 0.3 is 22.0 Å². The van der Waals surface area contributed by atoms with Crippen LogP contribution in [0.3, 0.4) is 0 Å². The Balaban J connectivity index is 0.000000756. The summed E-state index contributed by atoms with van der Waals surface area (Å²) in [5.74, 6) is 0. The molecule has 0 saturated carbocycles. The Labute approximate surface area is 284 Å². The first kappa shape index (κ1) is 48.3. The van der Waals surface area contributed by atoms with Gasteiger partial charge in [0.15, 0.2) is 40.1 Å². The molecule has 0 aliphatic heterocycles. The fraction of sp³-hybridized carbons (Fsp3) is 0.591.